The topological polar surface area (TPSA) is 99.5 Å². The average molecular weight is 446 g/mol. The first-order chi connectivity index (χ1) is 16.7. The molecule has 0 spiro atoms. The third-order valence-corrected chi connectivity index (χ3v) is 5.59. The molecule has 0 aliphatic rings. The van der Waals surface area contributed by atoms with Gasteiger partial charge in [-0.15, -0.1) is 0 Å². The van der Waals surface area contributed by atoms with Gasteiger partial charge in [0, 0.05) is 54.1 Å². The number of aromatic nitrogens is 4. The molecule has 166 valence electrons. The maximum absolute atomic E-state index is 7.75. The minimum absolute atomic E-state index is 0.540. The molecule has 0 atom stereocenters. The molecule has 5 rings (SSSR count). The van der Waals surface area contributed by atoms with Gasteiger partial charge >= 0.3 is 0 Å². The molecular weight excluding hydrogens is 422 g/mol. The Morgan fingerprint density at radius 2 is 1.76 bits per heavy atom. The van der Waals surface area contributed by atoms with Gasteiger partial charge < -0.3 is 16.0 Å². The summed E-state index contributed by atoms with van der Waals surface area (Å²) in [5, 5.41) is 15.2. The predicted molar refractivity (Wildman–Crippen MR) is 137 cm³/mol. The summed E-state index contributed by atoms with van der Waals surface area (Å²) in [5.74, 6) is 1.34. The second-order valence-electron chi connectivity index (χ2n) is 7.74. The first-order valence-electron chi connectivity index (χ1n) is 10.9. The lowest BCUT2D eigenvalue weighted by molar-refractivity contribution is 1.03. The average Bonchev–Trinajstić information content (AvgIpc) is 2.92. The Bertz CT molecular complexity index is 1450. The molecule has 0 saturated heterocycles. The van der Waals surface area contributed by atoms with Crippen LogP contribution in [0.2, 0.25) is 0 Å². The van der Waals surface area contributed by atoms with E-state index in [1.807, 2.05) is 67.7 Å². The molecule has 0 radical (unpaired) electrons. The van der Waals surface area contributed by atoms with E-state index in [9.17, 15) is 0 Å². The highest BCUT2D eigenvalue weighted by Crippen LogP contribution is 2.31. The van der Waals surface area contributed by atoms with E-state index in [4.69, 9.17) is 15.4 Å². The number of hydrogen-bond acceptors (Lipinski definition) is 7. The Morgan fingerprint density at radius 3 is 2.53 bits per heavy atom. The number of pyridine rings is 2. The smallest absolute Gasteiger partial charge is 0.163 e. The molecule has 5 aromatic rings. The molecule has 2 aromatic carbocycles. The quantitative estimate of drug-likeness (QED) is 0.290. The van der Waals surface area contributed by atoms with Crippen LogP contribution in [0.15, 0.2) is 85.3 Å². The number of anilines is 2. The summed E-state index contributed by atoms with van der Waals surface area (Å²) in [6.45, 7) is 0.540. The lowest BCUT2D eigenvalue weighted by Crippen LogP contribution is -2.05. The van der Waals surface area contributed by atoms with Crippen LogP contribution in [0.25, 0.3) is 33.4 Å². The third-order valence-electron chi connectivity index (χ3n) is 5.59. The fourth-order valence-electron chi connectivity index (χ4n) is 3.83. The van der Waals surface area contributed by atoms with Gasteiger partial charge in [0.2, 0.25) is 0 Å². The largest absolute Gasteiger partial charge is 0.388 e. The SMILES string of the molecule is CNc1ccc(-c2ccc3nc(-c4cccnc4)nc(NCc4ccccn4)c3c2)cc1C=N. The van der Waals surface area contributed by atoms with Crippen LogP contribution in [0.4, 0.5) is 11.5 Å². The van der Waals surface area contributed by atoms with E-state index in [0.29, 0.717) is 12.4 Å². The van der Waals surface area contributed by atoms with Crippen LogP contribution in [0.3, 0.4) is 0 Å². The van der Waals surface area contributed by atoms with Crippen LogP contribution in [0, 0.1) is 5.41 Å². The van der Waals surface area contributed by atoms with Gasteiger partial charge in [0.1, 0.15) is 5.82 Å². The van der Waals surface area contributed by atoms with Crippen LogP contribution in [0.5, 0.6) is 0 Å². The van der Waals surface area contributed by atoms with Crippen molar-refractivity contribution < 1.29 is 0 Å². The van der Waals surface area contributed by atoms with Crippen molar-refractivity contribution in [3.63, 3.8) is 0 Å². The van der Waals surface area contributed by atoms with E-state index in [1.54, 1.807) is 18.6 Å². The Labute approximate surface area is 197 Å². The van der Waals surface area contributed by atoms with Crippen molar-refractivity contribution in [2.45, 2.75) is 6.54 Å². The van der Waals surface area contributed by atoms with Crippen molar-refractivity contribution in [2.24, 2.45) is 0 Å². The Kier molecular flexibility index (Phi) is 5.90. The van der Waals surface area contributed by atoms with Crippen molar-refractivity contribution in [3.8, 4) is 22.5 Å². The summed E-state index contributed by atoms with van der Waals surface area (Å²) < 4.78 is 0. The zero-order chi connectivity index (χ0) is 23.3. The maximum atomic E-state index is 7.75. The first kappa shape index (κ1) is 21.2. The van der Waals surface area contributed by atoms with Gasteiger partial charge in [-0.1, -0.05) is 18.2 Å². The van der Waals surface area contributed by atoms with E-state index in [1.165, 1.54) is 6.21 Å². The number of nitrogens with zero attached hydrogens (tertiary/aromatic N) is 4. The highest BCUT2D eigenvalue weighted by atomic mass is 15.0. The van der Waals surface area contributed by atoms with Crippen molar-refractivity contribution in [3.05, 3.63) is 96.6 Å². The number of fused-ring (bicyclic) bond motifs is 1. The van der Waals surface area contributed by atoms with Crippen LogP contribution < -0.4 is 10.6 Å². The molecule has 7 heteroatoms. The predicted octanol–water partition coefficient (Wildman–Crippen LogP) is 5.41. The third kappa shape index (κ3) is 4.31. The molecule has 0 aliphatic heterocycles. The molecule has 3 aromatic heterocycles. The zero-order valence-corrected chi connectivity index (χ0v) is 18.7. The highest BCUT2D eigenvalue weighted by Gasteiger charge is 2.12. The normalized spacial score (nSPS) is 10.7. The molecule has 0 saturated carbocycles. The summed E-state index contributed by atoms with van der Waals surface area (Å²) in [6.07, 6.45) is 6.64. The molecule has 0 amide bonds. The van der Waals surface area contributed by atoms with Gasteiger partial charge in [0.05, 0.1) is 17.8 Å². The summed E-state index contributed by atoms with van der Waals surface area (Å²) in [7, 11) is 1.86. The Morgan fingerprint density at radius 1 is 0.882 bits per heavy atom. The van der Waals surface area contributed by atoms with Crippen molar-refractivity contribution in [1.82, 2.24) is 19.9 Å². The number of hydrogen-bond donors (Lipinski definition) is 3. The van der Waals surface area contributed by atoms with Crippen molar-refractivity contribution in [1.29, 1.82) is 5.41 Å². The van der Waals surface area contributed by atoms with Crippen molar-refractivity contribution >= 4 is 28.6 Å². The van der Waals surface area contributed by atoms with Crippen LogP contribution in [-0.4, -0.2) is 33.2 Å². The van der Waals surface area contributed by atoms with Crippen LogP contribution in [0.1, 0.15) is 11.3 Å². The second kappa shape index (κ2) is 9.46. The number of rotatable bonds is 7. The number of benzene rings is 2. The van der Waals surface area contributed by atoms with E-state index >= 15 is 0 Å². The first-order valence-corrected chi connectivity index (χ1v) is 10.9. The van der Waals surface area contributed by atoms with Gasteiger partial charge in [-0.25, -0.2) is 9.97 Å². The van der Waals surface area contributed by atoms with Gasteiger partial charge in [-0.2, -0.15) is 0 Å². The summed E-state index contributed by atoms with van der Waals surface area (Å²) in [4.78, 5) is 18.3. The van der Waals surface area contributed by atoms with Crippen LogP contribution in [-0.2, 0) is 6.54 Å². The lowest BCUT2D eigenvalue weighted by atomic mass is 10.0. The molecule has 7 nitrogen and oxygen atoms in total. The summed E-state index contributed by atoms with van der Waals surface area (Å²) >= 11 is 0. The van der Waals surface area contributed by atoms with E-state index in [-0.39, 0.29) is 0 Å². The Hall–Kier alpha value is -4.65. The van der Waals surface area contributed by atoms with Gasteiger partial charge in [-0.05, 0) is 59.7 Å². The van der Waals surface area contributed by atoms with Crippen LogP contribution >= 0.6 is 0 Å². The lowest BCUT2D eigenvalue weighted by Gasteiger charge is -2.13. The van der Waals surface area contributed by atoms with E-state index in [2.05, 4.69) is 26.7 Å². The Balaban J connectivity index is 1.61. The minimum Gasteiger partial charge on any atom is -0.388 e. The van der Waals surface area contributed by atoms with Crippen molar-refractivity contribution in [2.75, 3.05) is 17.7 Å². The fourth-order valence-corrected chi connectivity index (χ4v) is 3.83. The molecule has 3 N–H and O–H groups in total. The molecule has 0 aliphatic carbocycles. The van der Waals surface area contributed by atoms with E-state index in [0.717, 1.165) is 50.4 Å². The monoisotopic (exact) mass is 445 g/mol. The summed E-state index contributed by atoms with van der Waals surface area (Å²) in [6, 6.07) is 21.9. The number of nitrogens with one attached hydrogen (secondary N) is 3. The molecule has 0 fully saturated rings. The highest BCUT2D eigenvalue weighted by molar-refractivity contribution is 5.95. The van der Waals surface area contributed by atoms with Gasteiger partial charge in [-0.3, -0.25) is 9.97 Å². The molecule has 3 heterocycles. The molecule has 34 heavy (non-hydrogen) atoms. The maximum Gasteiger partial charge on any atom is 0.163 e. The fraction of sp³-hybridized carbons (Fsp3) is 0.0741. The minimum atomic E-state index is 0.540. The summed E-state index contributed by atoms with van der Waals surface area (Å²) in [5.41, 5.74) is 6.40. The zero-order valence-electron chi connectivity index (χ0n) is 18.7. The van der Waals surface area contributed by atoms with E-state index < -0.39 is 0 Å². The molecular formula is C27H23N7. The van der Waals surface area contributed by atoms with Gasteiger partial charge in [0.15, 0.2) is 5.82 Å². The molecule has 0 unspecified atom stereocenters. The molecule has 0 bridgehead atoms. The second-order valence-corrected chi connectivity index (χ2v) is 7.74. The standard InChI is InChI=1S/C27H23N7/c1-29-24-9-7-18(13-21(24)15-28)19-8-10-25-23(14-19)27(32-17-22-6-2-3-12-31-22)34-26(33-25)20-5-4-11-30-16-20/h2-16,28-29H,17H2,1H3,(H,32,33,34). The van der Waals surface area contributed by atoms with Gasteiger partial charge in [0.25, 0.3) is 0 Å².